The molecule has 0 saturated heterocycles. The molecule has 1 aliphatic rings. The molecule has 0 atom stereocenters. The fourth-order valence-corrected chi connectivity index (χ4v) is 3.52. The number of benzene rings is 1. The number of aliphatic hydroxyl groups excluding tert-OH is 1. The van der Waals surface area contributed by atoms with Crippen LogP contribution in [0.1, 0.15) is 42.5 Å². The highest BCUT2D eigenvalue weighted by Crippen LogP contribution is 2.32. The molecular formula is C18H21ClN2O3S. The molecule has 3 rings (SSSR count). The summed E-state index contributed by atoms with van der Waals surface area (Å²) in [5.74, 6) is 0.862. The van der Waals surface area contributed by atoms with Crippen LogP contribution in [0, 0.1) is 0 Å². The molecule has 2 aromatic rings. The molecule has 1 aromatic carbocycles. The van der Waals surface area contributed by atoms with Gasteiger partial charge in [-0.25, -0.2) is 4.98 Å². The number of aromatic nitrogens is 1. The van der Waals surface area contributed by atoms with E-state index in [1.807, 2.05) is 29.3 Å². The van der Waals surface area contributed by atoms with Crippen LogP contribution in [0.15, 0.2) is 23.6 Å². The number of hydrogen-bond acceptors (Lipinski definition) is 5. The number of ether oxygens (including phenoxy) is 1. The molecular weight excluding hydrogens is 360 g/mol. The molecule has 0 bridgehead atoms. The van der Waals surface area contributed by atoms with E-state index >= 15 is 0 Å². The van der Waals surface area contributed by atoms with Gasteiger partial charge in [0.15, 0.2) is 0 Å². The maximum Gasteiger partial charge on any atom is 0.222 e. The minimum Gasteiger partial charge on any atom is -0.486 e. The first-order valence-electron chi connectivity index (χ1n) is 8.35. The lowest BCUT2D eigenvalue weighted by molar-refractivity contribution is -0.132. The van der Waals surface area contributed by atoms with Gasteiger partial charge < -0.3 is 14.7 Å². The minimum atomic E-state index is -0.0713. The number of rotatable bonds is 8. The van der Waals surface area contributed by atoms with Gasteiger partial charge in [-0.15, -0.1) is 11.3 Å². The quantitative estimate of drug-likeness (QED) is 0.757. The third kappa shape index (κ3) is 4.71. The smallest absolute Gasteiger partial charge is 0.222 e. The van der Waals surface area contributed by atoms with E-state index in [2.05, 4.69) is 4.98 Å². The summed E-state index contributed by atoms with van der Waals surface area (Å²) in [5.41, 5.74) is 1.55. The Morgan fingerprint density at radius 1 is 1.48 bits per heavy atom. The highest BCUT2D eigenvalue weighted by Gasteiger charge is 2.32. The second kappa shape index (κ2) is 8.17. The highest BCUT2D eigenvalue weighted by atomic mass is 35.5. The van der Waals surface area contributed by atoms with E-state index in [0.29, 0.717) is 42.1 Å². The third-order valence-corrected chi connectivity index (χ3v) is 5.19. The summed E-state index contributed by atoms with van der Waals surface area (Å²) in [6, 6.07) is 5.81. The topological polar surface area (TPSA) is 62.7 Å². The second-order valence-electron chi connectivity index (χ2n) is 6.04. The molecule has 0 radical (unpaired) electrons. The van der Waals surface area contributed by atoms with Gasteiger partial charge in [-0.1, -0.05) is 18.5 Å². The summed E-state index contributed by atoms with van der Waals surface area (Å²) in [6.45, 7) is 2.64. The molecule has 1 amide bonds. The number of halogens is 1. The van der Waals surface area contributed by atoms with Crippen LogP contribution in [0.25, 0.3) is 0 Å². The summed E-state index contributed by atoms with van der Waals surface area (Å²) < 4.78 is 5.92. The summed E-state index contributed by atoms with van der Waals surface area (Å²) in [5, 5.41) is 12.3. The molecule has 1 aromatic heterocycles. The number of carbonyl (C=O) groups is 1. The van der Waals surface area contributed by atoms with E-state index in [9.17, 15) is 4.79 Å². The van der Waals surface area contributed by atoms with E-state index in [0.717, 1.165) is 23.4 Å². The Labute approximate surface area is 156 Å². The summed E-state index contributed by atoms with van der Waals surface area (Å²) >= 11 is 7.60. The predicted molar refractivity (Wildman–Crippen MR) is 97.7 cm³/mol. The van der Waals surface area contributed by atoms with Gasteiger partial charge >= 0.3 is 0 Å². The molecule has 1 saturated carbocycles. The van der Waals surface area contributed by atoms with E-state index in [4.69, 9.17) is 21.4 Å². The van der Waals surface area contributed by atoms with Gasteiger partial charge in [-0.2, -0.15) is 0 Å². The fourth-order valence-electron chi connectivity index (χ4n) is 2.63. The fraction of sp³-hybridized carbons (Fsp3) is 0.444. The Bertz CT molecular complexity index is 746. The standard InChI is InChI=1S/C18H21ClN2O3S/c1-2-18(23)21(15-4-5-15)8-12-7-13(19)3-6-16(12)24-10-17-20-14(9-22)11-25-17/h3,6-7,11,15,22H,2,4-5,8-10H2,1H3. The third-order valence-electron chi connectivity index (χ3n) is 4.09. The normalized spacial score (nSPS) is 13.7. The van der Waals surface area contributed by atoms with Crippen molar-refractivity contribution in [2.45, 2.75) is 52.0 Å². The first-order valence-corrected chi connectivity index (χ1v) is 9.61. The zero-order chi connectivity index (χ0) is 17.8. The van der Waals surface area contributed by atoms with E-state index < -0.39 is 0 Å². The summed E-state index contributed by atoms with van der Waals surface area (Å²) in [4.78, 5) is 18.4. The zero-order valence-corrected chi connectivity index (χ0v) is 15.6. The van der Waals surface area contributed by atoms with Gasteiger partial charge in [0.1, 0.15) is 17.4 Å². The van der Waals surface area contributed by atoms with Crippen LogP contribution in [-0.2, 0) is 24.6 Å². The van der Waals surface area contributed by atoms with E-state index in [1.54, 1.807) is 6.07 Å². The molecule has 1 N–H and O–H groups in total. The van der Waals surface area contributed by atoms with Crippen LogP contribution in [0.2, 0.25) is 5.02 Å². The van der Waals surface area contributed by atoms with Crippen LogP contribution in [0.3, 0.4) is 0 Å². The molecule has 0 aliphatic heterocycles. The van der Waals surface area contributed by atoms with Crippen LogP contribution < -0.4 is 4.74 Å². The summed E-state index contributed by atoms with van der Waals surface area (Å²) in [7, 11) is 0. The number of thiazole rings is 1. The second-order valence-corrected chi connectivity index (χ2v) is 7.42. The van der Waals surface area contributed by atoms with Crippen molar-refractivity contribution < 1.29 is 14.6 Å². The first kappa shape index (κ1) is 18.2. The minimum absolute atomic E-state index is 0.0713. The number of hydrogen-bond donors (Lipinski definition) is 1. The molecule has 1 fully saturated rings. The molecule has 5 nitrogen and oxygen atoms in total. The largest absolute Gasteiger partial charge is 0.486 e. The van der Waals surface area contributed by atoms with E-state index in [-0.39, 0.29) is 12.5 Å². The van der Waals surface area contributed by atoms with Crippen molar-refractivity contribution >= 4 is 28.8 Å². The highest BCUT2D eigenvalue weighted by molar-refractivity contribution is 7.09. The lowest BCUT2D eigenvalue weighted by atomic mass is 10.1. The van der Waals surface area contributed by atoms with Crippen molar-refractivity contribution in [3.05, 3.63) is 44.9 Å². The van der Waals surface area contributed by atoms with Crippen molar-refractivity contribution in [3.8, 4) is 5.75 Å². The van der Waals surface area contributed by atoms with Gasteiger partial charge in [0.2, 0.25) is 5.91 Å². The Kier molecular flexibility index (Phi) is 5.93. The molecule has 1 aliphatic carbocycles. The number of amides is 1. The Balaban J connectivity index is 1.74. The molecule has 0 unspecified atom stereocenters. The summed E-state index contributed by atoms with van der Waals surface area (Å²) in [6.07, 6.45) is 2.62. The van der Waals surface area contributed by atoms with Gasteiger partial charge in [-0.3, -0.25) is 4.79 Å². The van der Waals surface area contributed by atoms with Crippen molar-refractivity contribution in [2.75, 3.05) is 0 Å². The Morgan fingerprint density at radius 3 is 2.92 bits per heavy atom. The molecule has 134 valence electrons. The van der Waals surface area contributed by atoms with Crippen LogP contribution in [-0.4, -0.2) is 26.9 Å². The van der Waals surface area contributed by atoms with Crippen molar-refractivity contribution in [3.63, 3.8) is 0 Å². The SMILES string of the molecule is CCC(=O)N(Cc1cc(Cl)ccc1OCc1nc(CO)cs1)C1CC1. The maximum absolute atomic E-state index is 12.2. The van der Waals surface area contributed by atoms with Crippen molar-refractivity contribution in [2.24, 2.45) is 0 Å². The Morgan fingerprint density at radius 2 is 2.28 bits per heavy atom. The lowest BCUT2D eigenvalue weighted by Gasteiger charge is -2.23. The lowest BCUT2D eigenvalue weighted by Crippen LogP contribution is -2.32. The van der Waals surface area contributed by atoms with E-state index in [1.165, 1.54) is 11.3 Å². The molecule has 7 heteroatoms. The van der Waals surface area contributed by atoms with Crippen molar-refractivity contribution in [1.82, 2.24) is 9.88 Å². The number of nitrogens with zero attached hydrogens (tertiary/aromatic N) is 2. The van der Waals surface area contributed by atoms with Gasteiger partial charge in [0, 0.05) is 35.0 Å². The van der Waals surface area contributed by atoms with Gasteiger partial charge in [0.25, 0.3) is 0 Å². The predicted octanol–water partition coefficient (Wildman–Crippen LogP) is 3.77. The number of aliphatic hydroxyl groups is 1. The molecule has 1 heterocycles. The van der Waals surface area contributed by atoms with Crippen LogP contribution >= 0.6 is 22.9 Å². The molecule has 25 heavy (non-hydrogen) atoms. The first-order chi connectivity index (χ1) is 12.1. The van der Waals surface area contributed by atoms with Gasteiger partial charge in [-0.05, 0) is 31.0 Å². The Hall–Kier alpha value is -1.63. The van der Waals surface area contributed by atoms with Crippen LogP contribution in [0.4, 0.5) is 0 Å². The monoisotopic (exact) mass is 380 g/mol. The van der Waals surface area contributed by atoms with Crippen LogP contribution in [0.5, 0.6) is 5.75 Å². The maximum atomic E-state index is 12.2. The average molecular weight is 381 g/mol. The van der Waals surface area contributed by atoms with Crippen molar-refractivity contribution in [1.29, 1.82) is 0 Å². The zero-order valence-electron chi connectivity index (χ0n) is 14.1. The van der Waals surface area contributed by atoms with Gasteiger partial charge in [0.05, 0.1) is 12.3 Å². The number of carbonyl (C=O) groups excluding carboxylic acids is 1. The average Bonchev–Trinajstić information content (AvgIpc) is 3.36. The molecule has 0 spiro atoms.